The van der Waals surface area contributed by atoms with E-state index >= 15 is 0 Å². The number of piperidine rings is 1. The van der Waals surface area contributed by atoms with Crippen molar-refractivity contribution in [1.29, 1.82) is 0 Å². The predicted molar refractivity (Wildman–Crippen MR) is 128 cm³/mol. The minimum absolute atomic E-state index is 0.0783. The highest BCUT2D eigenvalue weighted by atomic mass is 16.5. The number of benzene rings is 1. The largest absolute Gasteiger partial charge is 0.357 e. The minimum Gasteiger partial charge on any atom is -0.357 e. The third-order valence-corrected chi connectivity index (χ3v) is 6.81. The second-order valence-electron chi connectivity index (χ2n) is 9.13. The molecule has 5 heterocycles. The van der Waals surface area contributed by atoms with E-state index < -0.39 is 29.7 Å². The van der Waals surface area contributed by atoms with Gasteiger partial charge in [0.1, 0.15) is 11.7 Å². The highest BCUT2D eigenvalue weighted by Gasteiger charge is 2.48. The van der Waals surface area contributed by atoms with Gasteiger partial charge in [-0.05, 0) is 48.6 Å². The Labute approximate surface area is 211 Å². The first-order chi connectivity index (χ1) is 18.0. The number of pyridine rings is 1. The van der Waals surface area contributed by atoms with Gasteiger partial charge in [0, 0.05) is 36.5 Å². The average Bonchev–Trinajstić information content (AvgIpc) is 3.48. The molecular weight excluding hydrogens is 476 g/mol. The molecule has 1 saturated heterocycles. The molecule has 0 bridgehead atoms. The fraction of sp³-hybridized carbons (Fsp3) is 0.269. The lowest BCUT2D eigenvalue weighted by atomic mass is 10.0. The Morgan fingerprint density at radius 1 is 0.973 bits per heavy atom. The summed E-state index contributed by atoms with van der Waals surface area (Å²) in [6.45, 7) is 0.675. The number of aromatic nitrogens is 3. The fourth-order valence-electron chi connectivity index (χ4n) is 5.04. The predicted octanol–water partition coefficient (Wildman–Crippen LogP) is 1.82. The summed E-state index contributed by atoms with van der Waals surface area (Å²) in [4.78, 5) is 61.7. The third-order valence-electron chi connectivity index (χ3n) is 6.81. The van der Waals surface area contributed by atoms with Crippen LogP contribution in [0.3, 0.4) is 0 Å². The van der Waals surface area contributed by atoms with E-state index in [2.05, 4.69) is 20.4 Å². The Kier molecular flexibility index (Phi) is 5.59. The van der Waals surface area contributed by atoms with Gasteiger partial charge in [0.2, 0.25) is 23.5 Å². The van der Waals surface area contributed by atoms with Gasteiger partial charge in [0.15, 0.2) is 0 Å². The lowest BCUT2D eigenvalue weighted by molar-refractivity contribution is -0.150. The number of imide groups is 2. The van der Waals surface area contributed by atoms with Crippen molar-refractivity contribution in [3.05, 3.63) is 66.0 Å². The molecule has 0 aliphatic carbocycles. The van der Waals surface area contributed by atoms with Crippen molar-refractivity contribution in [1.82, 2.24) is 30.2 Å². The molecule has 3 aromatic rings. The lowest BCUT2D eigenvalue weighted by Gasteiger charge is -2.29. The lowest BCUT2D eigenvalue weighted by Crippen LogP contribution is -2.55. The normalized spacial score (nSPS) is 19.9. The fourth-order valence-corrected chi connectivity index (χ4v) is 5.04. The van der Waals surface area contributed by atoms with Gasteiger partial charge in [-0.3, -0.25) is 34.4 Å². The maximum Gasteiger partial charge on any atom is 0.278 e. The van der Waals surface area contributed by atoms with Crippen molar-refractivity contribution < 1.29 is 23.7 Å². The van der Waals surface area contributed by atoms with E-state index in [0.29, 0.717) is 36.7 Å². The van der Waals surface area contributed by atoms with Crippen LogP contribution in [0.2, 0.25) is 0 Å². The Morgan fingerprint density at radius 2 is 1.78 bits per heavy atom. The first-order valence-electron chi connectivity index (χ1n) is 12.0. The second-order valence-corrected chi connectivity index (χ2v) is 9.13. The van der Waals surface area contributed by atoms with E-state index in [0.717, 1.165) is 21.6 Å². The van der Waals surface area contributed by atoms with Crippen LogP contribution >= 0.6 is 0 Å². The summed E-state index contributed by atoms with van der Waals surface area (Å²) in [5, 5.41) is 6.34. The molecule has 4 amide bonds. The molecule has 1 fully saturated rings. The molecule has 3 aliphatic rings. The highest BCUT2D eigenvalue weighted by Crippen LogP contribution is 2.35. The summed E-state index contributed by atoms with van der Waals surface area (Å²) in [5.41, 5.74) is 3.42. The number of hydrogen-bond donors (Lipinski definition) is 1. The number of hydrogen-bond acceptors (Lipinski definition) is 9. The Bertz CT molecular complexity index is 1460. The van der Waals surface area contributed by atoms with Crippen molar-refractivity contribution in [3.8, 4) is 22.5 Å². The van der Waals surface area contributed by atoms with Crippen molar-refractivity contribution in [2.75, 3.05) is 6.54 Å². The zero-order valence-electron chi connectivity index (χ0n) is 19.7. The zero-order valence-corrected chi connectivity index (χ0v) is 19.7. The topological polar surface area (TPSA) is 139 Å². The number of carbonyl (C=O) groups is 4. The molecule has 1 N–H and O–H groups in total. The highest BCUT2D eigenvalue weighted by molar-refractivity contribution is 6.21. The van der Waals surface area contributed by atoms with Crippen LogP contribution in [-0.4, -0.2) is 61.1 Å². The van der Waals surface area contributed by atoms with Gasteiger partial charge < -0.3 is 9.42 Å². The second kappa shape index (κ2) is 9.08. The van der Waals surface area contributed by atoms with E-state index in [4.69, 9.17) is 4.52 Å². The first-order valence-corrected chi connectivity index (χ1v) is 12.0. The van der Waals surface area contributed by atoms with Gasteiger partial charge in [0.25, 0.3) is 11.8 Å². The third kappa shape index (κ3) is 4.07. The maximum atomic E-state index is 13.3. The standard InChI is InChI=1S/C26H22N6O5/c33-20-7-6-19(24(34)28-20)32-25(35)18-5-2-12-31(22(18)26(32)36)14-21-29-23(30-37-21)17-4-1-3-16(13-17)15-8-10-27-11-9-15/h1,3-4,8-11,13,19H,2,5-7,12,14H2,(H,28,33,34). The maximum absolute atomic E-state index is 13.3. The van der Waals surface area contributed by atoms with Gasteiger partial charge in [-0.1, -0.05) is 23.4 Å². The van der Waals surface area contributed by atoms with Crippen LogP contribution < -0.4 is 5.32 Å². The summed E-state index contributed by atoms with van der Waals surface area (Å²) < 4.78 is 5.50. The molecule has 3 aliphatic heterocycles. The van der Waals surface area contributed by atoms with Gasteiger partial charge in [0.05, 0.1) is 6.54 Å². The summed E-state index contributed by atoms with van der Waals surface area (Å²) in [6.07, 6.45) is 4.76. The van der Waals surface area contributed by atoms with Crippen molar-refractivity contribution in [2.45, 2.75) is 38.3 Å². The summed E-state index contributed by atoms with van der Waals surface area (Å²) in [6, 6.07) is 10.6. The number of amides is 4. The molecule has 0 saturated carbocycles. The van der Waals surface area contributed by atoms with E-state index in [9.17, 15) is 19.2 Å². The van der Waals surface area contributed by atoms with E-state index in [1.54, 1.807) is 17.3 Å². The molecule has 37 heavy (non-hydrogen) atoms. The summed E-state index contributed by atoms with van der Waals surface area (Å²) >= 11 is 0. The minimum atomic E-state index is -0.993. The molecular formula is C26H22N6O5. The zero-order chi connectivity index (χ0) is 25.5. The number of rotatable bonds is 5. The molecule has 1 unspecified atom stereocenters. The van der Waals surface area contributed by atoms with Crippen LogP contribution in [0.4, 0.5) is 0 Å². The van der Waals surface area contributed by atoms with Crippen molar-refractivity contribution in [3.63, 3.8) is 0 Å². The Morgan fingerprint density at radius 3 is 2.59 bits per heavy atom. The van der Waals surface area contributed by atoms with Crippen LogP contribution in [-0.2, 0) is 25.7 Å². The van der Waals surface area contributed by atoms with Crippen molar-refractivity contribution >= 4 is 23.6 Å². The van der Waals surface area contributed by atoms with Gasteiger partial charge in [-0.25, -0.2) is 0 Å². The summed E-state index contributed by atoms with van der Waals surface area (Å²) in [7, 11) is 0. The van der Waals surface area contributed by atoms with Crippen LogP contribution in [0.1, 0.15) is 31.6 Å². The Hall–Kier alpha value is -4.67. The van der Waals surface area contributed by atoms with Gasteiger partial charge in [-0.2, -0.15) is 4.98 Å². The van der Waals surface area contributed by atoms with Gasteiger partial charge >= 0.3 is 0 Å². The van der Waals surface area contributed by atoms with E-state index in [1.807, 2.05) is 36.4 Å². The summed E-state index contributed by atoms with van der Waals surface area (Å²) in [5.74, 6) is -1.32. The molecule has 0 radical (unpaired) electrons. The monoisotopic (exact) mass is 498 g/mol. The van der Waals surface area contributed by atoms with Crippen LogP contribution in [0.5, 0.6) is 0 Å². The SMILES string of the molecule is O=C1CCC(N2C(=O)C3=C(C2=O)N(Cc2nc(-c4cccc(-c5ccncc5)c4)no2)CCC3)C(=O)N1. The van der Waals surface area contributed by atoms with Gasteiger partial charge in [-0.15, -0.1) is 0 Å². The van der Waals surface area contributed by atoms with E-state index in [-0.39, 0.29) is 25.1 Å². The Balaban J connectivity index is 1.22. The number of nitrogens with zero attached hydrogens (tertiary/aromatic N) is 5. The smallest absolute Gasteiger partial charge is 0.278 e. The molecule has 1 aromatic carbocycles. The van der Waals surface area contributed by atoms with E-state index in [1.165, 1.54) is 0 Å². The molecule has 1 atom stereocenters. The number of carbonyl (C=O) groups excluding carboxylic acids is 4. The average molecular weight is 498 g/mol. The molecule has 0 spiro atoms. The van der Waals surface area contributed by atoms with Crippen LogP contribution in [0.25, 0.3) is 22.5 Å². The molecule has 11 nitrogen and oxygen atoms in total. The first kappa shape index (κ1) is 22.8. The van der Waals surface area contributed by atoms with Crippen LogP contribution in [0, 0.1) is 0 Å². The quantitative estimate of drug-likeness (QED) is 0.522. The van der Waals surface area contributed by atoms with Crippen molar-refractivity contribution in [2.24, 2.45) is 0 Å². The molecule has 11 heteroatoms. The molecule has 186 valence electrons. The van der Waals surface area contributed by atoms with Crippen LogP contribution in [0.15, 0.2) is 64.6 Å². The molecule has 6 rings (SSSR count). The number of nitrogens with one attached hydrogen (secondary N) is 1. The molecule has 2 aromatic heterocycles.